The Kier molecular flexibility index (Phi) is 4.92. The van der Waals surface area contributed by atoms with Crippen molar-refractivity contribution in [3.05, 3.63) is 83.6 Å². The number of carbonyl (C=O) groups is 2. The lowest BCUT2D eigenvalue weighted by molar-refractivity contribution is 0.0964. The van der Waals surface area contributed by atoms with Crippen LogP contribution in [0.3, 0.4) is 0 Å². The van der Waals surface area contributed by atoms with Gasteiger partial charge in [0.15, 0.2) is 5.65 Å². The summed E-state index contributed by atoms with van der Waals surface area (Å²) in [4.78, 5) is 33.6. The molecule has 0 bridgehead atoms. The fraction of sp³-hybridized carbons (Fsp3) is 0.154. The molecule has 34 heavy (non-hydrogen) atoms. The lowest BCUT2D eigenvalue weighted by Gasteiger charge is -2.29. The number of rotatable bonds is 5. The minimum absolute atomic E-state index is 0.0444. The number of hydrogen-bond acceptors (Lipinski definition) is 6. The van der Waals surface area contributed by atoms with Gasteiger partial charge in [0.25, 0.3) is 11.8 Å². The van der Waals surface area contributed by atoms with Crippen LogP contribution in [0.4, 0.5) is 5.82 Å². The van der Waals surface area contributed by atoms with Crippen molar-refractivity contribution in [2.45, 2.75) is 12.6 Å². The Bertz CT molecular complexity index is 1450. The van der Waals surface area contributed by atoms with E-state index in [9.17, 15) is 9.59 Å². The molecule has 168 valence electrons. The van der Waals surface area contributed by atoms with E-state index < -0.39 is 0 Å². The first-order valence-electron chi connectivity index (χ1n) is 11.1. The van der Waals surface area contributed by atoms with E-state index in [1.165, 1.54) is 0 Å². The molecule has 2 aromatic carbocycles. The van der Waals surface area contributed by atoms with Gasteiger partial charge in [-0.2, -0.15) is 0 Å². The maximum atomic E-state index is 13.0. The summed E-state index contributed by atoms with van der Waals surface area (Å²) in [5.74, 6) is 0.726. The molecule has 8 heteroatoms. The highest BCUT2D eigenvalue weighted by Gasteiger charge is 2.23. The van der Waals surface area contributed by atoms with E-state index >= 15 is 0 Å². The second kappa shape index (κ2) is 8.24. The topological polar surface area (TPSA) is 105 Å². The first-order chi connectivity index (χ1) is 16.6. The van der Waals surface area contributed by atoms with Gasteiger partial charge >= 0.3 is 0 Å². The summed E-state index contributed by atoms with van der Waals surface area (Å²) in [6.07, 6.45) is 1.71. The van der Waals surface area contributed by atoms with Gasteiger partial charge in [-0.25, -0.2) is 9.97 Å². The Morgan fingerprint density at radius 2 is 1.91 bits per heavy atom. The van der Waals surface area contributed by atoms with Crippen LogP contribution in [0.5, 0.6) is 5.75 Å². The van der Waals surface area contributed by atoms with Crippen molar-refractivity contribution in [3.8, 4) is 16.9 Å². The number of hydrogen-bond donors (Lipinski definition) is 3. The second-order valence-electron chi connectivity index (χ2n) is 8.36. The molecular weight excluding hydrogens is 430 g/mol. The summed E-state index contributed by atoms with van der Waals surface area (Å²) in [6.45, 7) is 2.03. The lowest BCUT2D eigenvalue weighted by atomic mass is 9.98. The van der Waals surface area contributed by atoms with Gasteiger partial charge in [0.1, 0.15) is 17.7 Å². The quantitative estimate of drug-likeness (QED) is 0.431. The molecule has 2 aromatic heterocycles. The number of nitrogens with zero attached hydrogens (tertiary/aromatic N) is 2. The number of aromatic nitrogens is 2. The highest BCUT2D eigenvalue weighted by Crippen LogP contribution is 2.34. The molecule has 0 atom stereocenters. The van der Waals surface area contributed by atoms with Crippen molar-refractivity contribution in [1.82, 2.24) is 20.6 Å². The highest BCUT2D eigenvalue weighted by atomic mass is 16.5. The number of benzene rings is 2. The largest absolute Gasteiger partial charge is 0.487 e. The Balaban J connectivity index is 1.31. The fourth-order valence-corrected chi connectivity index (χ4v) is 4.14. The van der Waals surface area contributed by atoms with Crippen LogP contribution >= 0.6 is 0 Å². The number of anilines is 1. The first kappa shape index (κ1) is 20.3. The number of nitrogens with one attached hydrogen (secondary N) is 3. The Hall–Kier alpha value is -4.30. The third-order valence-electron chi connectivity index (χ3n) is 6.09. The molecule has 0 radical (unpaired) electrons. The van der Waals surface area contributed by atoms with Crippen LogP contribution in [0.15, 0.2) is 66.9 Å². The van der Waals surface area contributed by atoms with E-state index in [0.717, 1.165) is 35.2 Å². The first-order valence-corrected chi connectivity index (χ1v) is 11.1. The number of amides is 2. The van der Waals surface area contributed by atoms with Crippen LogP contribution in [0, 0.1) is 0 Å². The molecule has 1 saturated heterocycles. The predicted molar refractivity (Wildman–Crippen MR) is 128 cm³/mol. The van der Waals surface area contributed by atoms with Crippen LogP contribution in [-0.2, 0) is 6.54 Å². The van der Waals surface area contributed by atoms with Gasteiger partial charge in [-0.05, 0) is 65.7 Å². The molecule has 6 rings (SSSR count). The highest BCUT2D eigenvalue weighted by molar-refractivity contribution is 6.05. The van der Waals surface area contributed by atoms with Gasteiger partial charge in [-0.1, -0.05) is 6.07 Å². The van der Waals surface area contributed by atoms with Gasteiger partial charge in [0.2, 0.25) is 0 Å². The molecule has 4 heterocycles. The van der Waals surface area contributed by atoms with E-state index in [2.05, 4.69) is 25.9 Å². The van der Waals surface area contributed by atoms with Gasteiger partial charge in [-0.3, -0.25) is 9.59 Å². The molecular formula is C26H21N5O3. The zero-order chi connectivity index (χ0) is 23.1. The Morgan fingerprint density at radius 1 is 1.03 bits per heavy atom. The Labute approximate surface area is 195 Å². The van der Waals surface area contributed by atoms with E-state index in [1.807, 2.05) is 42.5 Å². The summed E-state index contributed by atoms with van der Waals surface area (Å²) in [6, 6.07) is 18.6. The molecule has 2 amide bonds. The van der Waals surface area contributed by atoms with Crippen molar-refractivity contribution in [2.24, 2.45) is 0 Å². The number of ether oxygens (including phenoxy) is 1. The van der Waals surface area contributed by atoms with Crippen molar-refractivity contribution in [1.29, 1.82) is 0 Å². The van der Waals surface area contributed by atoms with Crippen molar-refractivity contribution >= 4 is 28.7 Å². The lowest BCUT2D eigenvalue weighted by Crippen LogP contribution is -2.50. The van der Waals surface area contributed by atoms with Crippen LogP contribution in [0.2, 0.25) is 0 Å². The van der Waals surface area contributed by atoms with Gasteiger partial charge in [-0.15, -0.1) is 0 Å². The average Bonchev–Trinajstić information content (AvgIpc) is 3.21. The monoisotopic (exact) mass is 451 g/mol. The summed E-state index contributed by atoms with van der Waals surface area (Å²) in [5.41, 5.74) is 4.50. The van der Waals surface area contributed by atoms with Crippen LogP contribution < -0.4 is 20.7 Å². The van der Waals surface area contributed by atoms with E-state index in [0.29, 0.717) is 34.9 Å². The van der Waals surface area contributed by atoms with Crippen molar-refractivity contribution in [3.63, 3.8) is 0 Å². The van der Waals surface area contributed by atoms with Crippen LogP contribution in [-0.4, -0.2) is 41.0 Å². The van der Waals surface area contributed by atoms with Crippen molar-refractivity contribution < 1.29 is 14.3 Å². The van der Waals surface area contributed by atoms with Crippen molar-refractivity contribution in [2.75, 3.05) is 18.4 Å². The standard InChI is InChI=1S/C26H21N5O3/c32-25(31-23-8-5-15-2-1-9-28-24(15)30-23)17-4-6-20(22(11-17)34-19-13-27-14-19)16-3-7-21-18(10-16)12-29-26(21)33/h1-11,19,27H,12-14H2,(H,29,33)(H,28,30,31,32). The number of carbonyl (C=O) groups excluding carboxylic acids is 2. The Morgan fingerprint density at radius 3 is 2.76 bits per heavy atom. The van der Waals surface area contributed by atoms with Gasteiger partial charge in [0, 0.05) is 47.9 Å². The normalized spacial score (nSPS) is 14.9. The maximum Gasteiger partial charge on any atom is 0.256 e. The van der Waals surface area contributed by atoms with Crippen LogP contribution in [0.1, 0.15) is 26.3 Å². The van der Waals surface area contributed by atoms with E-state index in [4.69, 9.17) is 4.74 Å². The molecule has 0 saturated carbocycles. The minimum atomic E-state index is -0.283. The average molecular weight is 451 g/mol. The molecule has 0 unspecified atom stereocenters. The summed E-state index contributed by atoms with van der Waals surface area (Å²) in [5, 5.41) is 9.80. The minimum Gasteiger partial charge on any atom is -0.487 e. The third kappa shape index (κ3) is 3.74. The third-order valence-corrected chi connectivity index (χ3v) is 6.09. The molecule has 4 aromatic rings. The SMILES string of the molecule is O=C(Nc1ccc2cccnc2n1)c1ccc(-c2ccc3c(c2)CNC3=O)c(OC2CNC2)c1. The van der Waals surface area contributed by atoms with Crippen LogP contribution in [0.25, 0.3) is 22.2 Å². The molecule has 1 fully saturated rings. The van der Waals surface area contributed by atoms with Gasteiger partial charge < -0.3 is 20.7 Å². The number of pyridine rings is 2. The zero-order valence-corrected chi connectivity index (χ0v) is 18.2. The summed E-state index contributed by atoms with van der Waals surface area (Å²) < 4.78 is 6.22. The summed E-state index contributed by atoms with van der Waals surface area (Å²) >= 11 is 0. The van der Waals surface area contributed by atoms with Gasteiger partial charge in [0.05, 0.1) is 0 Å². The van der Waals surface area contributed by atoms with E-state index in [-0.39, 0.29) is 17.9 Å². The molecule has 2 aliphatic rings. The van der Waals surface area contributed by atoms with E-state index in [1.54, 1.807) is 24.4 Å². The fourth-order valence-electron chi connectivity index (χ4n) is 4.14. The smallest absolute Gasteiger partial charge is 0.256 e. The zero-order valence-electron chi connectivity index (χ0n) is 18.2. The number of fused-ring (bicyclic) bond motifs is 2. The molecule has 8 nitrogen and oxygen atoms in total. The molecule has 3 N–H and O–H groups in total. The molecule has 2 aliphatic heterocycles. The maximum absolute atomic E-state index is 13.0. The predicted octanol–water partition coefficient (Wildman–Crippen LogP) is 3.14. The summed E-state index contributed by atoms with van der Waals surface area (Å²) in [7, 11) is 0. The molecule has 0 spiro atoms. The molecule has 0 aliphatic carbocycles. The second-order valence-corrected chi connectivity index (χ2v) is 8.36.